The van der Waals surface area contributed by atoms with E-state index in [0.717, 1.165) is 22.4 Å². The topological polar surface area (TPSA) is 72.5 Å². The summed E-state index contributed by atoms with van der Waals surface area (Å²) in [6.45, 7) is 0. The molecule has 1 aliphatic carbocycles. The number of carbonyl (C=O) groups is 1. The Hall–Kier alpha value is -2.60. The minimum Gasteiger partial charge on any atom is -0.497 e. The van der Waals surface area contributed by atoms with Crippen molar-refractivity contribution < 1.29 is 17.9 Å². The van der Waals surface area contributed by atoms with Gasteiger partial charge in [0.05, 0.1) is 12.0 Å². The fourth-order valence-electron chi connectivity index (χ4n) is 2.93. The van der Waals surface area contributed by atoms with Gasteiger partial charge in [0.2, 0.25) is 5.91 Å². The van der Waals surface area contributed by atoms with Crippen molar-refractivity contribution >= 4 is 22.0 Å². The van der Waals surface area contributed by atoms with Crippen molar-refractivity contribution in [1.82, 2.24) is 4.72 Å². The van der Waals surface area contributed by atoms with Crippen LogP contribution >= 0.6 is 0 Å². The maximum absolute atomic E-state index is 12.5. The molecule has 0 aliphatic heterocycles. The molecular formula is C20H21NO4S. The fourth-order valence-corrected chi connectivity index (χ4v) is 4.12. The van der Waals surface area contributed by atoms with Gasteiger partial charge in [0, 0.05) is 6.42 Å². The number of nitrogens with one attached hydrogen (secondary N) is 1. The number of ether oxygens (including phenoxy) is 1. The second-order valence-electron chi connectivity index (χ2n) is 6.19. The Balaban J connectivity index is 1.62. The minimum absolute atomic E-state index is 0.107. The van der Waals surface area contributed by atoms with Crippen molar-refractivity contribution in [2.75, 3.05) is 7.11 Å². The van der Waals surface area contributed by atoms with Crippen LogP contribution in [0.3, 0.4) is 0 Å². The molecule has 0 saturated carbocycles. The molecule has 1 amide bonds. The second kappa shape index (κ2) is 7.74. The van der Waals surface area contributed by atoms with Crippen molar-refractivity contribution in [3.8, 4) is 5.75 Å². The van der Waals surface area contributed by atoms with Crippen LogP contribution in [0.15, 0.2) is 53.4 Å². The first kappa shape index (κ1) is 18.2. The van der Waals surface area contributed by atoms with Crippen molar-refractivity contribution in [2.45, 2.75) is 25.7 Å². The summed E-state index contributed by atoms with van der Waals surface area (Å²) in [6, 6.07) is 15.0. The van der Waals surface area contributed by atoms with Gasteiger partial charge >= 0.3 is 0 Å². The van der Waals surface area contributed by atoms with Gasteiger partial charge in [-0.05, 0) is 54.2 Å². The molecule has 0 atom stereocenters. The van der Waals surface area contributed by atoms with Crippen LogP contribution in [0.4, 0.5) is 0 Å². The molecule has 26 heavy (non-hydrogen) atoms. The number of carbonyl (C=O) groups excluding carboxylic acids is 1. The zero-order chi connectivity index (χ0) is 18.6. The summed E-state index contributed by atoms with van der Waals surface area (Å²) in [5.74, 6) is 0.242. The zero-order valence-corrected chi connectivity index (χ0v) is 15.4. The molecule has 1 N–H and O–H groups in total. The van der Waals surface area contributed by atoms with Gasteiger partial charge in [-0.2, -0.15) is 0 Å². The summed E-state index contributed by atoms with van der Waals surface area (Å²) < 4.78 is 32.2. The van der Waals surface area contributed by atoms with E-state index in [9.17, 15) is 13.2 Å². The molecule has 0 fully saturated rings. The number of rotatable bonds is 6. The van der Waals surface area contributed by atoms with Gasteiger partial charge in [-0.25, -0.2) is 13.1 Å². The number of amides is 1. The molecule has 2 aromatic rings. The predicted molar refractivity (Wildman–Crippen MR) is 101 cm³/mol. The average molecular weight is 371 g/mol. The Kier molecular flexibility index (Phi) is 5.42. The smallest absolute Gasteiger partial charge is 0.260 e. The van der Waals surface area contributed by atoms with E-state index in [1.54, 1.807) is 13.2 Å². The largest absolute Gasteiger partial charge is 0.497 e. The molecule has 5 nitrogen and oxygen atoms in total. The molecule has 0 radical (unpaired) electrons. The minimum atomic E-state index is -3.80. The van der Waals surface area contributed by atoms with Crippen LogP contribution in [-0.4, -0.2) is 21.4 Å². The summed E-state index contributed by atoms with van der Waals surface area (Å²) in [5, 5.41) is 0. The lowest BCUT2D eigenvalue weighted by molar-refractivity contribution is -0.119. The quantitative estimate of drug-likeness (QED) is 0.847. The lowest BCUT2D eigenvalue weighted by Gasteiger charge is -2.17. The number of hydrogen-bond acceptors (Lipinski definition) is 4. The normalized spacial score (nSPS) is 13.5. The SMILES string of the molecule is COc1ccc(CCC(=O)NS(=O)(=O)C2=Cc3ccccc3CC2)cc1. The van der Waals surface area contributed by atoms with Gasteiger partial charge in [0.1, 0.15) is 5.75 Å². The van der Waals surface area contributed by atoms with E-state index in [0.29, 0.717) is 19.3 Å². The molecule has 2 aromatic carbocycles. The molecular weight excluding hydrogens is 350 g/mol. The molecule has 0 bridgehead atoms. The summed E-state index contributed by atoms with van der Waals surface area (Å²) in [6.07, 6.45) is 3.28. The second-order valence-corrected chi connectivity index (χ2v) is 7.92. The van der Waals surface area contributed by atoms with Crippen molar-refractivity contribution in [3.05, 3.63) is 70.1 Å². The molecule has 1 aliphatic rings. The third-order valence-corrected chi connectivity index (χ3v) is 5.91. The van der Waals surface area contributed by atoms with Crippen LogP contribution in [0.2, 0.25) is 0 Å². The van der Waals surface area contributed by atoms with E-state index in [1.807, 2.05) is 48.5 Å². The Morgan fingerprint density at radius 1 is 1.08 bits per heavy atom. The Morgan fingerprint density at radius 3 is 2.54 bits per heavy atom. The van der Waals surface area contributed by atoms with E-state index in [1.165, 1.54) is 0 Å². The van der Waals surface area contributed by atoms with Gasteiger partial charge in [-0.1, -0.05) is 36.4 Å². The van der Waals surface area contributed by atoms with Crippen LogP contribution < -0.4 is 9.46 Å². The highest BCUT2D eigenvalue weighted by molar-refractivity contribution is 7.94. The molecule has 0 unspecified atom stereocenters. The molecule has 6 heteroatoms. The summed E-state index contributed by atoms with van der Waals surface area (Å²) in [5.41, 5.74) is 2.96. The number of methoxy groups -OCH3 is 1. The Bertz CT molecular complexity index is 931. The fraction of sp³-hybridized carbons (Fsp3) is 0.250. The number of aryl methyl sites for hydroxylation is 2. The standard InChI is InChI=1S/C20H21NO4S/c1-25-18-10-6-15(7-11-18)8-13-20(22)21-26(23,24)19-12-9-16-4-2-3-5-17(16)14-19/h2-7,10-11,14H,8-9,12-13H2,1H3,(H,21,22). The first-order valence-corrected chi connectivity index (χ1v) is 9.93. The van der Waals surface area contributed by atoms with E-state index in [2.05, 4.69) is 4.72 Å². The van der Waals surface area contributed by atoms with E-state index in [-0.39, 0.29) is 11.3 Å². The lowest BCUT2D eigenvalue weighted by atomic mass is 9.98. The van der Waals surface area contributed by atoms with Gasteiger partial charge < -0.3 is 4.74 Å². The molecule has 0 aromatic heterocycles. The van der Waals surface area contributed by atoms with Gasteiger partial charge in [0.25, 0.3) is 10.0 Å². The molecule has 0 heterocycles. The predicted octanol–water partition coefficient (Wildman–Crippen LogP) is 3.06. The van der Waals surface area contributed by atoms with Crippen LogP contribution in [0.1, 0.15) is 29.5 Å². The maximum Gasteiger partial charge on any atom is 0.260 e. The van der Waals surface area contributed by atoms with E-state index >= 15 is 0 Å². The molecule has 3 rings (SSSR count). The summed E-state index contributed by atoms with van der Waals surface area (Å²) >= 11 is 0. The highest BCUT2D eigenvalue weighted by atomic mass is 32.2. The van der Waals surface area contributed by atoms with Gasteiger partial charge in [0.15, 0.2) is 0 Å². The number of sulfonamides is 1. The Morgan fingerprint density at radius 2 is 1.81 bits per heavy atom. The Labute approximate surface area is 153 Å². The first-order valence-electron chi connectivity index (χ1n) is 8.45. The summed E-state index contributed by atoms with van der Waals surface area (Å²) in [7, 11) is -2.21. The third-order valence-electron chi connectivity index (χ3n) is 4.41. The number of fused-ring (bicyclic) bond motifs is 1. The van der Waals surface area contributed by atoms with Crippen LogP contribution in [0, 0.1) is 0 Å². The van der Waals surface area contributed by atoms with Crippen LogP contribution in [0.5, 0.6) is 5.75 Å². The van der Waals surface area contributed by atoms with Crippen LogP contribution in [-0.2, 0) is 27.7 Å². The average Bonchev–Trinajstić information content (AvgIpc) is 2.66. The van der Waals surface area contributed by atoms with Crippen molar-refractivity contribution in [2.24, 2.45) is 0 Å². The van der Waals surface area contributed by atoms with Crippen LogP contribution in [0.25, 0.3) is 6.08 Å². The zero-order valence-electron chi connectivity index (χ0n) is 14.6. The van der Waals surface area contributed by atoms with Crippen molar-refractivity contribution in [3.63, 3.8) is 0 Å². The lowest BCUT2D eigenvalue weighted by Crippen LogP contribution is -2.32. The van der Waals surface area contributed by atoms with Gasteiger partial charge in [-0.15, -0.1) is 0 Å². The molecule has 0 spiro atoms. The van der Waals surface area contributed by atoms with E-state index < -0.39 is 15.9 Å². The maximum atomic E-state index is 12.5. The number of hydrogen-bond donors (Lipinski definition) is 1. The number of benzene rings is 2. The highest BCUT2D eigenvalue weighted by Gasteiger charge is 2.23. The number of allylic oxidation sites excluding steroid dienone is 1. The van der Waals surface area contributed by atoms with E-state index in [4.69, 9.17) is 4.74 Å². The molecule has 0 saturated heterocycles. The monoisotopic (exact) mass is 371 g/mol. The van der Waals surface area contributed by atoms with Gasteiger partial charge in [-0.3, -0.25) is 4.79 Å². The van der Waals surface area contributed by atoms with Crippen molar-refractivity contribution in [1.29, 1.82) is 0 Å². The third kappa shape index (κ3) is 4.32. The highest BCUT2D eigenvalue weighted by Crippen LogP contribution is 2.26. The first-order chi connectivity index (χ1) is 12.5. The molecule has 136 valence electrons. The summed E-state index contributed by atoms with van der Waals surface area (Å²) in [4.78, 5) is 12.4.